The van der Waals surface area contributed by atoms with Gasteiger partial charge < -0.3 is 5.73 Å². The minimum Gasteiger partial charge on any atom is -0.368 e. The van der Waals surface area contributed by atoms with Gasteiger partial charge in [-0.15, -0.1) is 5.10 Å². The van der Waals surface area contributed by atoms with Crippen LogP contribution in [0.4, 0.5) is 5.95 Å². The summed E-state index contributed by atoms with van der Waals surface area (Å²) in [7, 11) is 0. The van der Waals surface area contributed by atoms with Gasteiger partial charge in [0.15, 0.2) is 0 Å². The van der Waals surface area contributed by atoms with Gasteiger partial charge in [0.05, 0.1) is 5.75 Å². The Morgan fingerprint density at radius 2 is 2.44 bits per heavy atom. The molecule has 0 radical (unpaired) electrons. The molecule has 0 aromatic carbocycles. The highest BCUT2D eigenvalue weighted by molar-refractivity contribution is 7.98. The molecule has 2 rings (SSSR count). The maximum atomic E-state index is 5.43. The van der Waals surface area contributed by atoms with E-state index in [1.165, 1.54) is 11.8 Å². The van der Waals surface area contributed by atoms with Crippen LogP contribution < -0.4 is 5.73 Å². The Morgan fingerprint density at radius 3 is 3.12 bits per heavy atom. The molecule has 2 aromatic rings. The van der Waals surface area contributed by atoms with Crippen molar-refractivity contribution < 1.29 is 0 Å². The summed E-state index contributed by atoms with van der Waals surface area (Å²) >= 11 is 1.48. The molecule has 2 heterocycles. The van der Waals surface area contributed by atoms with Gasteiger partial charge in [-0.3, -0.25) is 0 Å². The molecular weight excluding hydrogens is 226 g/mol. The smallest absolute Gasteiger partial charge is 0.216 e. The molecule has 0 amide bonds. The lowest BCUT2D eigenvalue weighted by molar-refractivity contribution is 0.581. The van der Waals surface area contributed by atoms with Crippen molar-refractivity contribution in [3.63, 3.8) is 0 Å². The molecule has 0 unspecified atom stereocenters. The average molecular weight is 239 g/mol. The molecule has 0 saturated carbocycles. The first-order valence-electron chi connectivity index (χ1n) is 4.97. The Hall–Kier alpha value is -1.57. The molecule has 0 atom stereocenters. The van der Waals surface area contributed by atoms with Gasteiger partial charge in [-0.05, 0) is 6.42 Å². The molecule has 7 nitrogen and oxygen atoms in total. The standard InChI is InChI=1S/C8H13N7S/c1-2-3-15-6(10-5-11-15)4-16-8-12-7(9)13-14-8/h5H,2-4H2,1H3,(H3,9,12,13,14). The number of nitrogen functional groups attached to an aromatic ring is 1. The van der Waals surface area contributed by atoms with Crippen LogP contribution >= 0.6 is 11.8 Å². The molecule has 0 aliphatic rings. The molecule has 3 N–H and O–H groups in total. The quantitative estimate of drug-likeness (QED) is 0.744. The van der Waals surface area contributed by atoms with Crippen molar-refractivity contribution in [1.29, 1.82) is 0 Å². The van der Waals surface area contributed by atoms with Crippen LogP contribution in [-0.2, 0) is 12.3 Å². The maximum Gasteiger partial charge on any atom is 0.216 e. The average Bonchev–Trinajstić information content (AvgIpc) is 2.85. The third kappa shape index (κ3) is 2.51. The van der Waals surface area contributed by atoms with Crippen molar-refractivity contribution in [3.05, 3.63) is 12.2 Å². The van der Waals surface area contributed by atoms with Crippen LogP contribution in [-0.4, -0.2) is 29.9 Å². The molecule has 0 fully saturated rings. The Balaban J connectivity index is 1.96. The Morgan fingerprint density at radius 1 is 1.56 bits per heavy atom. The molecular formula is C8H13N7S. The number of rotatable bonds is 5. The second-order valence-electron chi connectivity index (χ2n) is 3.19. The predicted octanol–water partition coefficient (Wildman–Crippen LogP) is 0.681. The number of hydrogen-bond acceptors (Lipinski definition) is 6. The van der Waals surface area contributed by atoms with Crippen LogP contribution in [0.2, 0.25) is 0 Å². The zero-order valence-corrected chi connectivity index (χ0v) is 9.74. The second-order valence-corrected chi connectivity index (χ2v) is 4.13. The third-order valence-electron chi connectivity index (χ3n) is 1.94. The van der Waals surface area contributed by atoms with Gasteiger partial charge in [-0.1, -0.05) is 18.7 Å². The number of anilines is 1. The van der Waals surface area contributed by atoms with Crippen molar-refractivity contribution in [2.45, 2.75) is 30.8 Å². The van der Waals surface area contributed by atoms with Crippen molar-refractivity contribution in [2.24, 2.45) is 0 Å². The summed E-state index contributed by atoms with van der Waals surface area (Å²) in [4.78, 5) is 8.19. The number of aryl methyl sites for hydroxylation is 1. The molecule has 2 aromatic heterocycles. The summed E-state index contributed by atoms with van der Waals surface area (Å²) in [6.07, 6.45) is 2.60. The van der Waals surface area contributed by atoms with Crippen LogP contribution in [0.3, 0.4) is 0 Å². The lowest BCUT2D eigenvalue weighted by Gasteiger charge is -2.01. The van der Waals surface area contributed by atoms with Crippen LogP contribution in [0.15, 0.2) is 11.5 Å². The maximum absolute atomic E-state index is 5.43. The topological polar surface area (TPSA) is 98.3 Å². The van der Waals surface area contributed by atoms with E-state index in [1.807, 2.05) is 4.68 Å². The number of aromatic nitrogens is 6. The lowest BCUT2D eigenvalue weighted by Crippen LogP contribution is -2.04. The normalized spacial score (nSPS) is 10.8. The van der Waals surface area contributed by atoms with E-state index < -0.39 is 0 Å². The van der Waals surface area contributed by atoms with Gasteiger partial charge in [0.1, 0.15) is 12.2 Å². The summed E-state index contributed by atoms with van der Waals surface area (Å²) in [5.41, 5.74) is 5.43. The number of aromatic amines is 1. The monoisotopic (exact) mass is 239 g/mol. The molecule has 0 bridgehead atoms. The van der Waals surface area contributed by atoms with E-state index >= 15 is 0 Å². The van der Waals surface area contributed by atoms with Gasteiger partial charge >= 0.3 is 0 Å². The van der Waals surface area contributed by atoms with Crippen molar-refractivity contribution in [2.75, 3.05) is 5.73 Å². The van der Waals surface area contributed by atoms with Crippen molar-refractivity contribution >= 4 is 17.7 Å². The summed E-state index contributed by atoms with van der Waals surface area (Å²) in [5, 5.41) is 11.3. The largest absolute Gasteiger partial charge is 0.368 e. The van der Waals surface area contributed by atoms with Gasteiger partial charge in [0, 0.05) is 6.54 Å². The highest BCUT2D eigenvalue weighted by atomic mass is 32.2. The first-order valence-corrected chi connectivity index (χ1v) is 5.95. The van der Waals surface area contributed by atoms with Gasteiger partial charge in [-0.25, -0.2) is 14.8 Å². The van der Waals surface area contributed by atoms with E-state index in [9.17, 15) is 0 Å². The first-order chi connectivity index (χ1) is 7.79. The first kappa shape index (κ1) is 10.9. The van der Waals surface area contributed by atoms with E-state index in [2.05, 4.69) is 32.2 Å². The third-order valence-corrected chi connectivity index (χ3v) is 2.79. The Bertz CT molecular complexity index is 449. The van der Waals surface area contributed by atoms with E-state index in [4.69, 9.17) is 5.73 Å². The van der Waals surface area contributed by atoms with E-state index in [0.717, 1.165) is 18.8 Å². The summed E-state index contributed by atoms with van der Waals surface area (Å²) in [6, 6.07) is 0. The zero-order chi connectivity index (χ0) is 11.4. The lowest BCUT2D eigenvalue weighted by atomic mass is 10.5. The fourth-order valence-electron chi connectivity index (χ4n) is 1.25. The van der Waals surface area contributed by atoms with Crippen molar-refractivity contribution in [3.8, 4) is 0 Å². The minimum absolute atomic E-state index is 0.331. The Labute approximate surface area is 96.9 Å². The number of H-pyrrole nitrogens is 1. The predicted molar refractivity (Wildman–Crippen MR) is 60.7 cm³/mol. The fraction of sp³-hybridized carbons (Fsp3) is 0.500. The summed E-state index contributed by atoms with van der Waals surface area (Å²) in [6.45, 7) is 2.99. The van der Waals surface area contributed by atoms with Crippen LogP contribution in [0.1, 0.15) is 19.2 Å². The number of nitrogens with two attached hydrogens (primary N) is 1. The van der Waals surface area contributed by atoms with Crippen LogP contribution in [0.5, 0.6) is 0 Å². The summed E-state index contributed by atoms with van der Waals surface area (Å²) < 4.78 is 1.89. The van der Waals surface area contributed by atoms with Crippen LogP contribution in [0.25, 0.3) is 0 Å². The molecule has 0 spiro atoms. The van der Waals surface area contributed by atoms with E-state index in [-0.39, 0.29) is 0 Å². The molecule has 0 aliphatic carbocycles. The Kier molecular flexibility index (Phi) is 3.40. The highest BCUT2D eigenvalue weighted by Crippen LogP contribution is 2.17. The van der Waals surface area contributed by atoms with Gasteiger partial charge in [-0.2, -0.15) is 10.1 Å². The van der Waals surface area contributed by atoms with Gasteiger partial charge in [0.25, 0.3) is 0 Å². The van der Waals surface area contributed by atoms with Crippen LogP contribution in [0, 0.1) is 0 Å². The minimum atomic E-state index is 0.331. The number of thioether (sulfide) groups is 1. The highest BCUT2D eigenvalue weighted by Gasteiger charge is 2.06. The SMILES string of the molecule is CCCn1ncnc1CSc1n[nH]c(N)n1. The molecule has 86 valence electrons. The fourth-order valence-corrected chi connectivity index (χ4v) is 2.01. The summed E-state index contributed by atoms with van der Waals surface area (Å²) in [5.74, 6) is 1.95. The van der Waals surface area contributed by atoms with Crippen molar-refractivity contribution in [1.82, 2.24) is 29.9 Å². The second kappa shape index (κ2) is 4.97. The van der Waals surface area contributed by atoms with E-state index in [1.54, 1.807) is 6.33 Å². The zero-order valence-electron chi connectivity index (χ0n) is 8.92. The number of hydrogen-bond donors (Lipinski definition) is 2. The molecule has 0 aliphatic heterocycles. The molecule has 16 heavy (non-hydrogen) atoms. The number of nitrogens with zero attached hydrogens (tertiary/aromatic N) is 5. The molecule has 0 saturated heterocycles. The van der Waals surface area contributed by atoms with Gasteiger partial charge in [0.2, 0.25) is 11.1 Å². The molecule has 8 heteroatoms. The number of nitrogens with one attached hydrogen (secondary N) is 1. The van der Waals surface area contributed by atoms with E-state index in [0.29, 0.717) is 16.9 Å².